The molecule has 6 heteroatoms. The molecule has 152 valence electrons. The first kappa shape index (κ1) is 24.6. The fourth-order valence-corrected chi connectivity index (χ4v) is 4.32. The molecule has 0 amide bonds. The SMILES string of the molecule is C[Si](C)(C)O/C(=C/Cl)c1ccccc1.C[Si](C)(C)O/C(=C\Cl)c1ccccc1. The minimum absolute atomic E-state index is 0.770. The van der Waals surface area contributed by atoms with Gasteiger partial charge in [-0.05, 0) is 39.3 Å². The average molecular weight is 454 g/mol. The molecule has 0 N–H and O–H groups in total. The smallest absolute Gasteiger partial charge is 0.242 e. The third-order valence-electron chi connectivity index (χ3n) is 3.15. The quantitative estimate of drug-likeness (QED) is 0.324. The van der Waals surface area contributed by atoms with Crippen molar-refractivity contribution in [2.24, 2.45) is 0 Å². The van der Waals surface area contributed by atoms with Crippen molar-refractivity contribution in [1.29, 1.82) is 0 Å². The molecule has 0 saturated carbocycles. The largest absolute Gasteiger partial charge is 0.543 e. The number of benzene rings is 2. The molecule has 0 bridgehead atoms. The second-order valence-corrected chi connectivity index (χ2v) is 17.4. The molecule has 0 aliphatic rings. The van der Waals surface area contributed by atoms with Crippen molar-refractivity contribution >= 4 is 51.4 Å². The highest BCUT2D eigenvalue weighted by Gasteiger charge is 2.19. The average Bonchev–Trinajstić information content (AvgIpc) is 2.65. The van der Waals surface area contributed by atoms with Gasteiger partial charge in [0.1, 0.15) is 11.5 Å². The van der Waals surface area contributed by atoms with Gasteiger partial charge >= 0.3 is 0 Å². The van der Waals surface area contributed by atoms with E-state index in [1.54, 1.807) is 0 Å². The van der Waals surface area contributed by atoms with Gasteiger partial charge in [0.15, 0.2) is 0 Å². The highest BCUT2D eigenvalue weighted by Crippen LogP contribution is 2.22. The minimum atomic E-state index is -1.58. The van der Waals surface area contributed by atoms with Gasteiger partial charge in [-0.25, -0.2) is 0 Å². The molecule has 0 fully saturated rings. The molecular formula is C22H30Cl2O2Si2. The Bertz CT molecular complexity index is 695. The predicted octanol–water partition coefficient (Wildman–Crippen LogP) is 8.15. The number of hydrogen-bond acceptors (Lipinski definition) is 2. The topological polar surface area (TPSA) is 18.5 Å². The Kier molecular flexibility index (Phi) is 10.1. The van der Waals surface area contributed by atoms with Crippen LogP contribution < -0.4 is 0 Å². The Morgan fingerprint density at radius 2 is 0.893 bits per heavy atom. The summed E-state index contributed by atoms with van der Waals surface area (Å²) in [5.41, 5.74) is 5.08. The Hall–Kier alpha value is -1.47. The molecule has 0 spiro atoms. The van der Waals surface area contributed by atoms with E-state index < -0.39 is 16.6 Å². The summed E-state index contributed by atoms with van der Waals surface area (Å²) in [5, 5.41) is 0. The fourth-order valence-electron chi connectivity index (χ4n) is 2.15. The molecule has 2 aromatic rings. The zero-order valence-electron chi connectivity index (χ0n) is 17.5. The molecule has 2 aromatic carbocycles. The van der Waals surface area contributed by atoms with E-state index in [0.717, 1.165) is 22.6 Å². The van der Waals surface area contributed by atoms with Gasteiger partial charge in [0.05, 0.1) is 0 Å². The zero-order valence-corrected chi connectivity index (χ0v) is 21.0. The van der Waals surface area contributed by atoms with Crippen molar-refractivity contribution in [3.05, 3.63) is 82.9 Å². The maximum absolute atomic E-state index is 5.84. The van der Waals surface area contributed by atoms with E-state index in [0.29, 0.717) is 0 Å². The lowest BCUT2D eigenvalue weighted by molar-refractivity contribution is 0.515. The normalized spacial score (nSPS) is 12.7. The maximum Gasteiger partial charge on any atom is 0.242 e. The summed E-state index contributed by atoms with van der Waals surface area (Å²) in [6.45, 7) is 12.8. The van der Waals surface area contributed by atoms with Crippen LogP contribution >= 0.6 is 23.2 Å². The van der Waals surface area contributed by atoms with Crippen LogP contribution in [0.2, 0.25) is 39.3 Å². The van der Waals surface area contributed by atoms with Gasteiger partial charge in [0, 0.05) is 22.2 Å². The molecule has 28 heavy (non-hydrogen) atoms. The van der Waals surface area contributed by atoms with Crippen molar-refractivity contribution in [2.75, 3.05) is 0 Å². The van der Waals surface area contributed by atoms with Gasteiger partial charge in [-0.3, -0.25) is 0 Å². The third-order valence-corrected chi connectivity index (χ3v) is 5.21. The molecule has 0 saturated heterocycles. The molecule has 0 radical (unpaired) electrons. The van der Waals surface area contributed by atoms with Crippen molar-refractivity contribution < 1.29 is 8.85 Å². The Morgan fingerprint density at radius 3 is 1.11 bits per heavy atom. The highest BCUT2D eigenvalue weighted by molar-refractivity contribution is 6.71. The Morgan fingerprint density at radius 1 is 0.607 bits per heavy atom. The number of halogens is 2. The second kappa shape index (κ2) is 11.5. The monoisotopic (exact) mass is 452 g/mol. The van der Waals surface area contributed by atoms with Gasteiger partial charge in [0.25, 0.3) is 0 Å². The lowest BCUT2D eigenvalue weighted by Crippen LogP contribution is -2.24. The molecule has 0 aliphatic carbocycles. The van der Waals surface area contributed by atoms with Crippen LogP contribution in [0.1, 0.15) is 11.1 Å². The summed E-state index contributed by atoms with van der Waals surface area (Å²) >= 11 is 11.5. The minimum Gasteiger partial charge on any atom is -0.543 e. The first-order valence-corrected chi connectivity index (χ1v) is 16.8. The predicted molar refractivity (Wildman–Crippen MR) is 129 cm³/mol. The van der Waals surface area contributed by atoms with Gasteiger partial charge < -0.3 is 8.85 Å². The van der Waals surface area contributed by atoms with E-state index in [-0.39, 0.29) is 0 Å². The van der Waals surface area contributed by atoms with Crippen LogP contribution in [-0.4, -0.2) is 16.6 Å². The van der Waals surface area contributed by atoms with Gasteiger partial charge in [-0.2, -0.15) is 0 Å². The maximum atomic E-state index is 5.84. The van der Waals surface area contributed by atoms with Crippen LogP contribution in [0.5, 0.6) is 0 Å². The number of hydrogen-bond donors (Lipinski definition) is 0. The molecule has 2 rings (SSSR count). The molecule has 0 aliphatic heterocycles. The van der Waals surface area contributed by atoms with E-state index in [4.69, 9.17) is 32.1 Å². The first-order chi connectivity index (χ1) is 13.1. The molecule has 0 heterocycles. The van der Waals surface area contributed by atoms with Gasteiger partial charge in [-0.1, -0.05) is 83.9 Å². The lowest BCUT2D eigenvalue weighted by Gasteiger charge is -2.21. The summed E-state index contributed by atoms with van der Waals surface area (Å²) in [6.07, 6.45) is 0. The summed E-state index contributed by atoms with van der Waals surface area (Å²) in [4.78, 5) is 0. The zero-order chi connectivity index (χ0) is 21.2. The van der Waals surface area contributed by atoms with Crippen LogP contribution in [0.4, 0.5) is 0 Å². The molecule has 0 atom stereocenters. The summed E-state index contributed by atoms with van der Waals surface area (Å²) in [7, 11) is -3.15. The Balaban J connectivity index is 0.000000280. The van der Waals surface area contributed by atoms with Crippen molar-refractivity contribution in [3.8, 4) is 0 Å². The molecule has 0 unspecified atom stereocenters. The van der Waals surface area contributed by atoms with Crippen molar-refractivity contribution in [2.45, 2.75) is 39.3 Å². The van der Waals surface area contributed by atoms with E-state index in [9.17, 15) is 0 Å². The summed E-state index contributed by atoms with van der Waals surface area (Å²) < 4.78 is 11.7. The van der Waals surface area contributed by atoms with Crippen LogP contribution in [0, 0.1) is 0 Å². The van der Waals surface area contributed by atoms with Crippen molar-refractivity contribution in [1.82, 2.24) is 0 Å². The van der Waals surface area contributed by atoms with E-state index in [1.807, 2.05) is 60.7 Å². The molecule has 2 nitrogen and oxygen atoms in total. The van der Waals surface area contributed by atoms with E-state index in [2.05, 4.69) is 39.3 Å². The molecular weight excluding hydrogens is 423 g/mol. The van der Waals surface area contributed by atoms with Crippen LogP contribution in [-0.2, 0) is 8.85 Å². The van der Waals surface area contributed by atoms with Crippen molar-refractivity contribution in [3.63, 3.8) is 0 Å². The first-order valence-electron chi connectivity index (χ1n) is 9.15. The summed E-state index contributed by atoms with van der Waals surface area (Å²) in [5.74, 6) is 1.54. The van der Waals surface area contributed by atoms with Gasteiger partial charge in [-0.15, -0.1) is 0 Å². The summed E-state index contributed by atoms with van der Waals surface area (Å²) in [6, 6.07) is 19.8. The highest BCUT2D eigenvalue weighted by atomic mass is 35.5. The van der Waals surface area contributed by atoms with Crippen LogP contribution in [0.15, 0.2) is 71.7 Å². The lowest BCUT2D eigenvalue weighted by atomic mass is 10.2. The van der Waals surface area contributed by atoms with Crippen LogP contribution in [0.3, 0.4) is 0 Å². The van der Waals surface area contributed by atoms with E-state index in [1.165, 1.54) is 11.1 Å². The number of rotatable bonds is 6. The Labute approximate surface area is 182 Å². The second-order valence-electron chi connectivity index (χ2n) is 8.11. The fraction of sp³-hybridized carbons (Fsp3) is 0.273. The molecule has 0 aromatic heterocycles. The third kappa shape index (κ3) is 10.2. The van der Waals surface area contributed by atoms with Crippen LogP contribution in [0.25, 0.3) is 11.5 Å². The van der Waals surface area contributed by atoms with Gasteiger partial charge in [0.2, 0.25) is 16.6 Å². The standard InChI is InChI=1S/2C11H15ClOSi/c2*1-14(2,3)13-11(9-12)10-7-5-4-6-8-10/h2*4-9H,1-3H3/b11-9+;11-9-. The van der Waals surface area contributed by atoms with E-state index >= 15 is 0 Å².